The first-order chi connectivity index (χ1) is 12.5. The average Bonchev–Trinajstić information content (AvgIpc) is 2.65. The van der Waals surface area contributed by atoms with Crippen molar-refractivity contribution in [2.45, 2.75) is 19.9 Å². The van der Waals surface area contributed by atoms with Crippen LogP contribution in [0.25, 0.3) is 0 Å². The predicted octanol–water partition coefficient (Wildman–Crippen LogP) is 2.09. The molecule has 0 bridgehead atoms. The molecule has 0 heterocycles. The molecule has 2 rings (SSSR count). The Bertz CT molecular complexity index is 801. The third-order valence-corrected chi connectivity index (χ3v) is 3.62. The minimum Gasteiger partial charge on any atom is -0.497 e. The van der Waals surface area contributed by atoms with Crippen molar-refractivity contribution in [1.82, 2.24) is 10.7 Å². The van der Waals surface area contributed by atoms with Gasteiger partial charge in [-0.15, -0.1) is 0 Å². The molecule has 0 saturated heterocycles. The number of hydrazone groups is 1. The number of benzene rings is 2. The number of para-hydroxylation sites is 1. The lowest BCUT2D eigenvalue weighted by Crippen LogP contribution is -2.26. The summed E-state index contributed by atoms with van der Waals surface area (Å²) in [5.41, 5.74) is 10.3. The molecule has 26 heavy (non-hydrogen) atoms. The zero-order valence-corrected chi connectivity index (χ0v) is 14.8. The summed E-state index contributed by atoms with van der Waals surface area (Å²) < 4.78 is 5.09. The average molecular weight is 354 g/mol. The highest BCUT2D eigenvalue weighted by molar-refractivity contribution is 6.02. The van der Waals surface area contributed by atoms with Gasteiger partial charge in [-0.2, -0.15) is 5.10 Å². The van der Waals surface area contributed by atoms with E-state index in [0.29, 0.717) is 23.5 Å². The fourth-order valence-electron chi connectivity index (χ4n) is 2.19. The molecule has 2 aromatic carbocycles. The highest BCUT2D eigenvalue weighted by Gasteiger charge is 2.09. The Morgan fingerprint density at radius 1 is 1.12 bits per heavy atom. The molecular formula is C19H22N4O3. The highest BCUT2D eigenvalue weighted by Crippen LogP contribution is 2.11. The van der Waals surface area contributed by atoms with Gasteiger partial charge in [0.2, 0.25) is 5.91 Å². The van der Waals surface area contributed by atoms with Gasteiger partial charge in [-0.25, -0.2) is 5.43 Å². The molecule has 0 saturated carbocycles. The second kappa shape index (κ2) is 9.22. The molecule has 0 fully saturated rings. The summed E-state index contributed by atoms with van der Waals surface area (Å²) in [6.45, 7) is 2.07. The number of methoxy groups -OCH3 is 1. The van der Waals surface area contributed by atoms with Crippen molar-refractivity contribution in [1.29, 1.82) is 0 Å². The van der Waals surface area contributed by atoms with Crippen molar-refractivity contribution in [2.24, 2.45) is 5.10 Å². The van der Waals surface area contributed by atoms with Crippen molar-refractivity contribution in [3.8, 4) is 5.75 Å². The fraction of sp³-hybridized carbons (Fsp3) is 0.211. The Kier molecular flexibility index (Phi) is 6.73. The molecule has 0 aliphatic heterocycles. The molecule has 0 unspecified atom stereocenters. The Morgan fingerprint density at radius 2 is 1.81 bits per heavy atom. The van der Waals surface area contributed by atoms with Crippen LogP contribution in [0.1, 0.15) is 29.3 Å². The number of anilines is 1. The number of carbonyl (C=O) groups is 2. The van der Waals surface area contributed by atoms with Gasteiger partial charge in [-0.3, -0.25) is 9.59 Å². The minimum atomic E-state index is -0.416. The standard InChI is InChI=1S/C19H22N4O3/c1-13(22-23-19(25)16-5-3-4-6-17(16)20)11-18(24)21-12-14-7-9-15(26-2)10-8-14/h3-10H,11-12,20H2,1-2H3,(H,21,24)(H,23,25)/b22-13+. The van der Waals surface area contributed by atoms with E-state index in [1.807, 2.05) is 24.3 Å². The van der Waals surface area contributed by atoms with E-state index in [4.69, 9.17) is 10.5 Å². The van der Waals surface area contributed by atoms with E-state index in [1.54, 1.807) is 38.3 Å². The van der Waals surface area contributed by atoms with Gasteiger partial charge < -0.3 is 15.8 Å². The number of ether oxygens (including phenoxy) is 1. The topological polar surface area (TPSA) is 106 Å². The molecule has 7 nitrogen and oxygen atoms in total. The van der Waals surface area contributed by atoms with Gasteiger partial charge in [0.25, 0.3) is 5.91 Å². The quantitative estimate of drug-likeness (QED) is 0.402. The summed E-state index contributed by atoms with van der Waals surface area (Å²) in [5, 5.41) is 6.75. The SMILES string of the molecule is COc1ccc(CNC(=O)C/C(C)=N/NC(=O)c2ccccc2N)cc1. The lowest BCUT2D eigenvalue weighted by molar-refractivity contribution is -0.120. The molecule has 7 heteroatoms. The van der Waals surface area contributed by atoms with Crippen LogP contribution in [0, 0.1) is 0 Å². The normalized spacial score (nSPS) is 10.9. The molecule has 2 aromatic rings. The maximum atomic E-state index is 12.0. The highest BCUT2D eigenvalue weighted by atomic mass is 16.5. The van der Waals surface area contributed by atoms with Crippen LogP contribution in [-0.2, 0) is 11.3 Å². The summed E-state index contributed by atoms with van der Waals surface area (Å²) in [6, 6.07) is 14.1. The number of nitrogens with zero attached hydrogens (tertiary/aromatic N) is 1. The molecule has 0 aliphatic carbocycles. The van der Waals surface area contributed by atoms with Crippen molar-refractivity contribution >= 4 is 23.2 Å². The zero-order valence-electron chi connectivity index (χ0n) is 14.8. The first kappa shape index (κ1) is 19.0. The number of nitrogen functional groups attached to an aromatic ring is 1. The smallest absolute Gasteiger partial charge is 0.273 e. The maximum absolute atomic E-state index is 12.0. The third-order valence-electron chi connectivity index (χ3n) is 3.62. The van der Waals surface area contributed by atoms with Crippen LogP contribution >= 0.6 is 0 Å². The second-order valence-corrected chi connectivity index (χ2v) is 5.68. The maximum Gasteiger partial charge on any atom is 0.273 e. The molecule has 4 N–H and O–H groups in total. The summed E-state index contributed by atoms with van der Waals surface area (Å²) in [5.74, 6) is 0.162. The lowest BCUT2D eigenvalue weighted by atomic mass is 10.2. The van der Waals surface area contributed by atoms with Gasteiger partial charge in [0.05, 0.1) is 19.1 Å². The number of carbonyl (C=O) groups excluding carboxylic acids is 2. The van der Waals surface area contributed by atoms with E-state index in [0.717, 1.165) is 11.3 Å². The van der Waals surface area contributed by atoms with E-state index in [-0.39, 0.29) is 12.3 Å². The summed E-state index contributed by atoms with van der Waals surface area (Å²) in [7, 11) is 1.60. The van der Waals surface area contributed by atoms with Crippen LogP contribution in [-0.4, -0.2) is 24.6 Å². The predicted molar refractivity (Wildman–Crippen MR) is 101 cm³/mol. The molecule has 0 radical (unpaired) electrons. The van der Waals surface area contributed by atoms with Gasteiger partial charge >= 0.3 is 0 Å². The molecule has 2 amide bonds. The van der Waals surface area contributed by atoms with Crippen LogP contribution in [0.2, 0.25) is 0 Å². The largest absolute Gasteiger partial charge is 0.497 e. The monoisotopic (exact) mass is 354 g/mol. The second-order valence-electron chi connectivity index (χ2n) is 5.68. The van der Waals surface area contributed by atoms with E-state index in [2.05, 4.69) is 15.8 Å². The third kappa shape index (κ3) is 5.62. The van der Waals surface area contributed by atoms with E-state index >= 15 is 0 Å². The van der Waals surface area contributed by atoms with E-state index in [1.165, 1.54) is 0 Å². The van der Waals surface area contributed by atoms with Crippen LogP contribution in [0.15, 0.2) is 53.6 Å². The Balaban J connectivity index is 1.81. The summed E-state index contributed by atoms with van der Waals surface area (Å²) >= 11 is 0. The van der Waals surface area contributed by atoms with Crippen molar-refractivity contribution < 1.29 is 14.3 Å². The number of nitrogens with one attached hydrogen (secondary N) is 2. The summed E-state index contributed by atoms with van der Waals surface area (Å²) in [6.07, 6.45) is 0.0840. The Hall–Kier alpha value is -3.35. The number of nitrogens with two attached hydrogens (primary N) is 1. The van der Waals surface area contributed by atoms with Gasteiger partial charge in [-0.05, 0) is 36.8 Å². The first-order valence-electron chi connectivity index (χ1n) is 8.07. The molecule has 136 valence electrons. The summed E-state index contributed by atoms with van der Waals surface area (Å²) in [4.78, 5) is 24.0. The molecule has 0 aliphatic rings. The van der Waals surface area contributed by atoms with Gasteiger partial charge in [0.1, 0.15) is 5.75 Å². The number of amides is 2. The zero-order chi connectivity index (χ0) is 18.9. The van der Waals surface area contributed by atoms with Gasteiger partial charge in [-0.1, -0.05) is 24.3 Å². The van der Waals surface area contributed by atoms with Crippen LogP contribution in [0.3, 0.4) is 0 Å². The molecule has 0 aromatic heterocycles. The van der Waals surface area contributed by atoms with Crippen LogP contribution in [0.4, 0.5) is 5.69 Å². The van der Waals surface area contributed by atoms with Crippen LogP contribution < -0.4 is 21.2 Å². The van der Waals surface area contributed by atoms with Gasteiger partial charge in [0, 0.05) is 17.9 Å². The van der Waals surface area contributed by atoms with E-state index < -0.39 is 5.91 Å². The van der Waals surface area contributed by atoms with E-state index in [9.17, 15) is 9.59 Å². The Morgan fingerprint density at radius 3 is 2.46 bits per heavy atom. The Labute approximate surface area is 152 Å². The number of hydrogen-bond acceptors (Lipinski definition) is 5. The first-order valence-corrected chi connectivity index (χ1v) is 8.07. The van der Waals surface area contributed by atoms with Crippen molar-refractivity contribution in [3.63, 3.8) is 0 Å². The number of hydrogen-bond donors (Lipinski definition) is 3. The number of rotatable bonds is 7. The van der Waals surface area contributed by atoms with Crippen molar-refractivity contribution in [2.75, 3.05) is 12.8 Å². The van der Waals surface area contributed by atoms with Crippen LogP contribution in [0.5, 0.6) is 5.75 Å². The molecule has 0 spiro atoms. The minimum absolute atomic E-state index is 0.0840. The molecular weight excluding hydrogens is 332 g/mol. The molecule has 0 atom stereocenters. The fourth-order valence-corrected chi connectivity index (χ4v) is 2.19. The van der Waals surface area contributed by atoms with Gasteiger partial charge in [0.15, 0.2) is 0 Å². The lowest BCUT2D eigenvalue weighted by Gasteiger charge is -2.07. The van der Waals surface area contributed by atoms with Crippen molar-refractivity contribution in [3.05, 3.63) is 59.7 Å².